The quantitative estimate of drug-likeness (QED) is 0.597. The molecule has 2 aromatic carbocycles. The van der Waals surface area contributed by atoms with Crippen LogP contribution in [0.15, 0.2) is 36.4 Å². The fraction of sp³-hybridized carbons (Fsp3) is 0.348. The maximum absolute atomic E-state index is 13.2. The van der Waals surface area contributed by atoms with Crippen molar-refractivity contribution in [3.8, 4) is 11.5 Å². The number of benzene rings is 2. The average Bonchev–Trinajstić information content (AvgIpc) is 3.18. The zero-order chi connectivity index (χ0) is 24.0. The van der Waals surface area contributed by atoms with Crippen molar-refractivity contribution in [2.45, 2.75) is 12.8 Å². The molecule has 0 aromatic heterocycles. The molecule has 2 aromatic rings. The van der Waals surface area contributed by atoms with Crippen LogP contribution >= 0.6 is 0 Å². The second kappa shape index (κ2) is 10.8. The standard InChI is InChI=1S/C23H25F2N3O5/c1-32-19-6-3-14(9-20(19)33-2)7-8-28-13-15(10-22(28)30)23(31)26-12-21(29)27-16-4-5-17(24)18(25)11-16/h3-6,9,11,15H,7-8,10,12-13H2,1-2H3,(H,26,31)(H,27,29)/t15-/m1/s1. The lowest BCUT2D eigenvalue weighted by Crippen LogP contribution is -2.38. The Bertz CT molecular complexity index is 1050. The molecule has 1 aliphatic heterocycles. The fourth-order valence-corrected chi connectivity index (χ4v) is 3.55. The maximum Gasteiger partial charge on any atom is 0.243 e. The van der Waals surface area contributed by atoms with Gasteiger partial charge < -0.3 is 25.0 Å². The molecule has 176 valence electrons. The lowest BCUT2D eigenvalue weighted by Gasteiger charge is -2.17. The smallest absolute Gasteiger partial charge is 0.243 e. The van der Waals surface area contributed by atoms with Crippen LogP contribution in [-0.2, 0) is 20.8 Å². The highest BCUT2D eigenvalue weighted by Gasteiger charge is 2.34. The molecular formula is C23H25F2N3O5. The molecule has 8 nitrogen and oxygen atoms in total. The molecule has 3 amide bonds. The van der Waals surface area contributed by atoms with Gasteiger partial charge in [-0.2, -0.15) is 0 Å². The molecular weight excluding hydrogens is 436 g/mol. The summed E-state index contributed by atoms with van der Waals surface area (Å²) in [5.41, 5.74) is 1.03. The number of carbonyl (C=O) groups excluding carboxylic acids is 3. The van der Waals surface area contributed by atoms with Gasteiger partial charge in [-0.05, 0) is 36.2 Å². The third-order valence-electron chi connectivity index (χ3n) is 5.33. The summed E-state index contributed by atoms with van der Waals surface area (Å²) in [6.45, 7) is 0.339. The van der Waals surface area contributed by atoms with Gasteiger partial charge in [-0.25, -0.2) is 8.78 Å². The van der Waals surface area contributed by atoms with E-state index in [2.05, 4.69) is 10.6 Å². The van der Waals surface area contributed by atoms with Crippen LogP contribution in [0, 0.1) is 17.6 Å². The molecule has 0 spiro atoms. The van der Waals surface area contributed by atoms with Crippen LogP contribution < -0.4 is 20.1 Å². The van der Waals surface area contributed by atoms with Gasteiger partial charge in [0, 0.05) is 31.3 Å². The highest BCUT2D eigenvalue weighted by Crippen LogP contribution is 2.28. The first-order valence-corrected chi connectivity index (χ1v) is 10.3. The van der Waals surface area contributed by atoms with E-state index in [0.29, 0.717) is 24.5 Å². The first-order valence-electron chi connectivity index (χ1n) is 10.3. The average molecular weight is 461 g/mol. The van der Waals surface area contributed by atoms with Crippen molar-refractivity contribution in [2.75, 3.05) is 39.2 Å². The second-order valence-corrected chi connectivity index (χ2v) is 7.58. The summed E-state index contributed by atoms with van der Waals surface area (Å²) in [6, 6.07) is 8.48. The number of anilines is 1. The number of hydrogen-bond donors (Lipinski definition) is 2. The SMILES string of the molecule is COc1ccc(CCN2C[C@H](C(=O)NCC(=O)Nc3ccc(F)c(F)c3)CC2=O)cc1OC. The van der Waals surface area contributed by atoms with Crippen molar-refractivity contribution in [1.82, 2.24) is 10.2 Å². The number of amides is 3. The Morgan fingerprint density at radius 1 is 1.06 bits per heavy atom. The summed E-state index contributed by atoms with van der Waals surface area (Å²) in [5, 5.41) is 4.86. The summed E-state index contributed by atoms with van der Waals surface area (Å²) in [7, 11) is 3.10. The van der Waals surface area contributed by atoms with Gasteiger partial charge in [-0.1, -0.05) is 6.07 Å². The Kier molecular flexibility index (Phi) is 7.81. The first kappa shape index (κ1) is 24.0. The zero-order valence-electron chi connectivity index (χ0n) is 18.3. The molecule has 3 rings (SSSR count). The third kappa shape index (κ3) is 6.18. The number of ether oxygens (including phenoxy) is 2. The van der Waals surface area contributed by atoms with E-state index in [-0.39, 0.29) is 31.1 Å². The van der Waals surface area contributed by atoms with Gasteiger partial charge in [0.05, 0.1) is 26.7 Å². The Labute approximate surface area is 189 Å². The summed E-state index contributed by atoms with van der Waals surface area (Å²) in [5.74, 6) is -2.62. The molecule has 33 heavy (non-hydrogen) atoms. The number of nitrogens with one attached hydrogen (secondary N) is 2. The number of halogens is 2. The van der Waals surface area contributed by atoms with Gasteiger partial charge in [-0.3, -0.25) is 14.4 Å². The number of likely N-dealkylation sites (tertiary alicyclic amines) is 1. The second-order valence-electron chi connectivity index (χ2n) is 7.58. The summed E-state index contributed by atoms with van der Waals surface area (Å²) < 4.78 is 36.7. The Morgan fingerprint density at radius 3 is 2.52 bits per heavy atom. The fourth-order valence-electron chi connectivity index (χ4n) is 3.55. The Balaban J connectivity index is 1.46. The van der Waals surface area contributed by atoms with E-state index in [9.17, 15) is 23.2 Å². The van der Waals surface area contributed by atoms with Gasteiger partial charge in [0.25, 0.3) is 0 Å². The summed E-state index contributed by atoms with van der Waals surface area (Å²) >= 11 is 0. The zero-order valence-corrected chi connectivity index (χ0v) is 18.3. The molecule has 0 unspecified atom stereocenters. The van der Waals surface area contributed by atoms with Crippen LogP contribution in [0.25, 0.3) is 0 Å². The minimum atomic E-state index is -1.09. The predicted octanol–water partition coefficient (Wildman–Crippen LogP) is 2.13. The molecule has 1 heterocycles. The topological polar surface area (TPSA) is 97.0 Å². The van der Waals surface area contributed by atoms with Gasteiger partial charge in [0.1, 0.15) is 0 Å². The van der Waals surface area contributed by atoms with Crippen LogP contribution in [0.2, 0.25) is 0 Å². The molecule has 1 fully saturated rings. The van der Waals surface area contributed by atoms with E-state index < -0.39 is 29.4 Å². The van der Waals surface area contributed by atoms with Crippen LogP contribution in [0.5, 0.6) is 11.5 Å². The van der Waals surface area contributed by atoms with Crippen LogP contribution in [-0.4, -0.2) is 56.5 Å². The van der Waals surface area contributed by atoms with E-state index in [0.717, 1.165) is 17.7 Å². The predicted molar refractivity (Wildman–Crippen MR) is 116 cm³/mol. The number of methoxy groups -OCH3 is 2. The van der Waals surface area contributed by atoms with Gasteiger partial charge in [0.15, 0.2) is 23.1 Å². The van der Waals surface area contributed by atoms with E-state index in [4.69, 9.17) is 9.47 Å². The highest BCUT2D eigenvalue weighted by molar-refractivity contribution is 5.96. The number of rotatable bonds is 9. The van der Waals surface area contributed by atoms with E-state index >= 15 is 0 Å². The van der Waals surface area contributed by atoms with Crippen LogP contribution in [0.1, 0.15) is 12.0 Å². The summed E-state index contributed by atoms with van der Waals surface area (Å²) in [6.07, 6.45) is 0.639. The molecule has 1 aliphatic rings. The molecule has 10 heteroatoms. The lowest BCUT2D eigenvalue weighted by molar-refractivity contribution is -0.129. The van der Waals surface area contributed by atoms with Crippen molar-refractivity contribution in [3.63, 3.8) is 0 Å². The number of hydrogen-bond acceptors (Lipinski definition) is 5. The lowest BCUT2D eigenvalue weighted by atomic mass is 10.1. The van der Waals surface area contributed by atoms with Gasteiger partial charge in [-0.15, -0.1) is 0 Å². The molecule has 2 N–H and O–H groups in total. The normalized spacial score (nSPS) is 15.3. The third-order valence-corrected chi connectivity index (χ3v) is 5.33. The van der Waals surface area contributed by atoms with E-state index in [1.54, 1.807) is 25.2 Å². The van der Waals surface area contributed by atoms with Crippen molar-refractivity contribution in [1.29, 1.82) is 0 Å². The minimum absolute atomic E-state index is 0.0581. The van der Waals surface area contributed by atoms with E-state index in [1.807, 2.05) is 12.1 Å². The number of nitrogens with zero attached hydrogens (tertiary/aromatic N) is 1. The Morgan fingerprint density at radius 2 is 1.82 bits per heavy atom. The highest BCUT2D eigenvalue weighted by atomic mass is 19.2. The first-order chi connectivity index (χ1) is 15.8. The van der Waals surface area contributed by atoms with Crippen molar-refractivity contribution in [3.05, 3.63) is 53.6 Å². The maximum atomic E-state index is 13.2. The monoisotopic (exact) mass is 461 g/mol. The van der Waals surface area contributed by atoms with Crippen molar-refractivity contribution < 1.29 is 32.6 Å². The van der Waals surface area contributed by atoms with Gasteiger partial charge in [0.2, 0.25) is 17.7 Å². The van der Waals surface area contributed by atoms with Crippen LogP contribution in [0.3, 0.4) is 0 Å². The van der Waals surface area contributed by atoms with Gasteiger partial charge >= 0.3 is 0 Å². The Hall–Kier alpha value is -3.69. The van der Waals surface area contributed by atoms with Crippen LogP contribution in [0.4, 0.5) is 14.5 Å². The minimum Gasteiger partial charge on any atom is -0.493 e. The molecule has 0 radical (unpaired) electrons. The molecule has 1 saturated heterocycles. The van der Waals surface area contributed by atoms with Crippen molar-refractivity contribution >= 4 is 23.4 Å². The van der Waals surface area contributed by atoms with Crippen molar-refractivity contribution in [2.24, 2.45) is 5.92 Å². The van der Waals surface area contributed by atoms with E-state index in [1.165, 1.54) is 6.07 Å². The molecule has 0 aliphatic carbocycles. The molecule has 1 atom stereocenters. The number of carbonyl (C=O) groups is 3. The molecule has 0 saturated carbocycles. The largest absolute Gasteiger partial charge is 0.493 e. The summed E-state index contributed by atoms with van der Waals surface area (Å²) in [4.78, 5) is 38.3. The molecule has 0 bridgehead atoms.